The molecule has 0 aromatic heterocycles. The SMILES string of the molecule is C=C(CCCCC(CC)CCCCCCCCCCCCC)C(=O)O. The Morgan fingerprint density at radius 1 is 0.760 bits per heavy atom. The topological polar surface area (TPSA) is 37.3 Å². The second-order valence-corrected chi connectivity index (χ2v) is 7.75. The maximum absolute atomic E-state index is 10.7. The first-order chi connectivity index (χ1) is 12.1. The van der Waals surface area contributed by atoms with Gasteiger partial charge in [-0.25, -0.2) is 4.79 Å². The predicted octanol–water partition coefficient (Wildman–Crippen LogP) is 7.91. The Morgan fingerprint density at radius 3 is 1.64 bits per heavy atom. The summed E-state index contributed by atoms with van der Waals surface area (Å²) in [5.41, 5.74) is 0.360. The molecule has 0 fully saturated rings. The molecule has 0 saturated carbocycles. The number of carboxylic acid groups (broad SMARTS) is 1. The van der Waals surface area contributed by atoms with E-state index in [0.29, 0.717) is 12.0 Å². The van der Waals surface area contributed by atoms with E-state index < -0.39 is 5.97 Å². The molecule has 0 radical (unpaired) electrons. The van der Waals surface area contributed by atoms with Crippen molar-refractivity contribution >= 4 is 5.97 Å². The molecule has 148 valence electrons. The second kappa shape index (κ2) is 18.0. The molecular weight excluding hydrogens is 308 g/mol. The average Bonchev–Trinajstić information content (AvgIpc) is 2.60. The highest BCUT2D eigenvalue weighted by Crippen LogP contribution is 2.22. The van der Waals surface area contributed by atoms with Crippen molar-refractivity contribution in [3.05, 3.63) is 12.2 Å². The minimum absolute atomic E-state index is 0.360. The van der Waals surface area contributed by atoms with Crippen LogP contribution in [0.15, 0.2) is 12.2 Å². The van der Waals surface area contributed by atoms with Gasteiger partial charge in [-0.1, -0.05) is 117 Å². The summed E-state index contributed by atoms with van der Waals surface area (Å²) in [6, 6.07) is 0. The molecule has 0 spiro atoms. The fourth-order valence-electron chi connectivity index (χ4n) is 3.53. The molecular formula is C23H44O2. The number of hydrogen-bond donors (Lipinski definition) is 1. The Bertz CT molecular complexity index is 322. The van der Waals surface area contributed by atoms with Gasteiger partial charge in [-0.2, -0.15) is 0 Å². The van der Waals surface area contributed by atoms with Gasteiger partial charge in [0.15, 0.2) is 0 Å². The quantitative estimate of drug-likeness (QED) is 0.189. The van der Waals surface area contributed by atoms with Crippen molar-refractivity contribution in [1.82, 2.24) is 0 Å². The fourth-order valence-corrected chi connectivity index (χ4v) is 3.53. The number of carbonyl (C=O) groups is 1. The highest BCUT2D eigenvalue weighted by molar-refractivity contribution is 5.85. The summed E-state index contributed by atoms with van der Waals surface area (Å²) >= 11 is 0. The molecule has 2 heteroatoms. The summed E-state index contributed by atoms with van der Waals surface area (Å²) in [5.74, 6) is -0.00957. The molecule has 0 saturated heterocycles. The molecule has 25 heavy (non-hydrogen) atoms. The molecule has 0 aromatic carbocycles. The van der Waals surface area contributed by atoms with E-state index in [2.05, 4.69) is 20.4 Å². The standard InChI is InChI=1S/C23H44O2/c1-4-6-7-8-9-10-11-12-13-14-15-19-22(5-2)20-17-16-18-21(3)23(24)25/h22H,3-20H2,1-2H3,(H,24,25). The molecule has 1 N–H and O–H groups in total. The van der Waals surface area contributed by atoms with E-state index in [1.165, 1.54) is 89.9 Å². The molecule has 0 aliphatic carbocycles. The van der Waals surface area contributed by atoms with Crippen LogP contribution in [-0.2, 0) is 4.79 Å². The van der Waals surface area contributed by atoms with Crippen LogP contribution in [0.25, 0.3) is 0 Å². The Hall–Kier alpha value is -0.790. The summed E-state index contributed by atoms with van der Waals surface area (Å²) in [7, 11) is 0. The van der Waals surface area contributed by atoms with Crippen molar-refractivity contribution in [2.45, 2.75) is 123 Å². The van der Waals surface area contributed by atoms with Crippen LogP contribution in [0.3, 0.4) is 0 Å². The zero-order valence-corrected chi connectivity index (χ0v) is 17.2. The van der Waals surface area contributed by atoms with E-state index in [1.54, 1.807) is 0 Å². The number of aliphatic carboxylic acids is 1. The summed E-state index contributed by atoms with van der Waals surface area (Å²) in [6.07, 6.45) is 22.1. The largest absolute Gasteiger partial charge is 0.478 e. The third-order valence-corrected chi connectivity index (χ3v) is 5.44. The minimum atomic E-state index is -0.840. The smallest absolute Gasteiger partial charge is 0.330 e. The summed E-state index contributed by atoms with van der Waals surface area (Å²) < 4.78 is 0. The van der Waals surface area contributed by atoms with Gasteiger partial charge in [-0.05, 0) is 18.8 Å². The van der Waals surface area contributed by atoms with Crippen LogP contribution in [-0.4, -0.2) is 11.1 Å². The molecule has 0 rings (SSSR count). The van der Waals surface area contributed by atoms with Crippen LogP contribution in [0, 0.1) is 5.92 Å². The van der Waals surface area contributed by atoms with Gasteiger partial charge in [0.25, 0.3) is 0 Å². The first-order valence-electron chi connectivity index (χ1n) is 11.0. The van der Waals surface area contributed by atoms with Gasteiger partial charge in [0.1, 0.15) is 0 Å². The monoisotopic (exact) mass is 352 g/mol. The predicted molar refractivity (Wildman–Crippen MR) is 110 cm³/mol. The molecule has 0 aromatic rings. The Labute approximate surface area is 157 Å². The van der Waals surface area contributed by atoms with Gasteiger partial charge in [-0.3, -0.25) is 0 Å². The van der Waals surface area contributed by atoms with Crippen molar-refractivity contribution in [2.24, 2.45) is 5.92 Å². The van der Waals surface area contributed by atoms with E-state index in [-0.39, 0.29) is 0 Å². The van der Waals surface area contributed by atoms with Crippen LogP contribution in [0.5, 0.6) is 0 Å². The molecule has 2 nitrogen and oxygen atoms in total. The van der Waals surface area contributed by atoms with Crippen LogP contribution in [0.1, 0.15) is 123 Å². The maximum Gasteiger partial charge on any atom is 0.330 e. The van der Waals surface area contributed by atoms with Crippen molar-refractivity contribution in [3.63, 3.8) is 0 Å². The van der Waals surface area contributed by atoms with Crippen molar-refractivity contribution < 1.29 is 9.90 Å². The van der Waals surface area contributed by atoms with Crippen LogP contribution in [0.4, 0.5) is 0 Å². The lowest BCUT2D eigenvalue weighted by Crippen LogP contribution is -2.01. The number of carboxylic acids is 1. The minimum Gasteiger partial charge on any atom is -0.478 e. The molecule has 0 amide bonds. The Kier molecular flexibility index (Phi) is 17.4. The third-order valence-electron chi connectivity index (χ3n) is 5.44. The molecule has 0 aliphatic heterocycles. The zero-order valence-electron chi connectivity index (χ0n) is 17.2. The van der Waals surface area contributed by atoms with E-state index in [0.717, 1.165) is 18.8 Å². The molecule has 1 atom stereocenters. The van der Waals surface area contributed by atoms with Gasteiger partial charge < -0.3 is 5.11 Å². The maximum atomic E-state index is 10.7. The number of unbranched alkanes of at least 4 members (excludes halogenated alkanes) is 11. The Morgan fingerprint density at radius 2 is 1.20 bits per heavy atom. The first kappa shape index (κ1) is 24.2. The first-order valence-corrected chi connectivity index (χ1v) is 11.0. The fraction of sp³-hybridized carbons (Fsp3) is 0.870. The highest BCUT2D eigenvalue weighted by atomic mass is 16.4. The molecule has 0 heterocycles. The van der Waals surface area contributed by atoms with E-state index >= 15 is 0 Å². The van der Waals surface area contributed by atoms with Gasteiger partial charge in [0, 0.05) is 5.57 Å². The highest BCUT2D eigenvalue weighted by Gasteiger charge is 2.07. The molecule has 0 bridgehead atoms. The van der Waals surface area contributed by atoms with Crippen LogP contribution >= 0.6 is 0 Å². The van der Waals surface area contributed by atoms with Gasteiger partial charge >= 0.3 is 5.97 Å². The van der Waals surface area contributed by atoms with Gasteiger partial charge in [-0.15, -0.1) is 0 Å². The van der Waals surface area contributed by atoms with Crippen molar-refractivity contribution in [3.8, 4) is 0 Å². The van der Waals surface area contributed by atoms with E-state index in [1.807, 2.05) is 0 Å². The van der Waals surface area contributed by atoms with E-state index in [9.17, 15) is 4.79 Å². The van der Waals surface area contributed by atoms with Crippen LogP contribution < -0.4 is 0 Å². The van der Waals surface area contributed by atoms with E-state index in [4.69, 9.17) is 5.11 Å². The van der Waals surface area contributed by atoms with Crippen molar-refractivity contribution in [1.29, 1.82) is 0 Å². The van der Waals surface area contributed by atoms with Crippen LogP contribution in [0.2, 0.25) is 0 Å². The lowest BCUT2D eigenvalue weighted by Gasteiger charge is -2.14. The van der Waals surface area contributed by atoms with Gasteiger partial charge in [0.05, 0.1) is 0 Å². The average molecular weight is 353 g/mol. The normalized spacial score (nSPS) is 12.2. The van der Waals surface area contributed by atoms with Gasteiger partial charge in [0.2, 0.25) is 0 Å². The second-order valence-electron chi connectivity index (χ2n) is 7.75. The number of rotatable bonds is 19. The zero-order chi connectivity index (χ0) is 18.8. The Balaban J connectivity index is 3.40. The lowest BCUT2D eigenvalue weighted by molar-refractivity contribution is -0.132. The summed E-state index contributed by atoms with van der Waals surface area (Å²) in [4.78, 5) is 10.7. The third kappa shape index (κ3) is 16.4. The number of hydrogen-bond acceptors (Lipinski definition) is 1. The summed E-state index contributed by atoms with van der Waals surface area (Å²) in [5, 5.41) is 8.81. The van der Waals surface area contributed by atoms with Crippen molar-refractivity contribution in [2.75, 3.05) is 0 Å². The molecule has 0 aliphatic rings. The lowest BCUT2D eigenvalue weighted by atomic mass is 9.92. The molecule has 1 unspecified atom stereocenters. The summed E-state index contributed by atoms with van der Waals surface area (Å²) in [6.45, 7) is 8.17.